The third kappa shape index (κ3) is 4.51. The molecule has 3 rings (SSSR count). The Labute approximate surface area is 142 Å². The standard InChI is InChI=1S/C20H23NO3/c1-15(11-12-16-7-3-2-4-8-16)21-20(22)13-17-14-23-18-9-5-6-10-19(18)24-17/h2-10,15,17H,11-14H2,1H3,(H,21,22). The fourth-order valence-electron chi connectivity index (χ4n) is 2.80. The maximum absolute atomic E-state index is 12.2. The zero-order valence-corrected chi connectivity index (χ0v) is 13.9. The molecule has 0 saturated heterocycles. The maximum Gasteiger partial charge on any atom is 0.224 e. The number of fused-ring (bicyclic) bond motifs is 1. The fraction of sp³-hybridized carbons (Fsp3) is 0.350. The number of para-hydroxylation sites is 2. The number of carbonyl (C=O) groups is 1. The molecule has 4 heteroatoms. The van der Waals surface area contributed by atoms with Gasteiger partial charge in [0.1, 0.15) is 12.7 Å². The van der Waals surface area contributed by atoms with Gasteiger partial charge >= 0.3 is 0 Å². The highest BCUT2D eigenvalue weighted by Gasteiger charge is 2.23. The van der Waals surface area contributed by atoms with E-state index in [0.717, 1.165) is 18.6 Å². The smallest absolute Gasteiger partial charge is 0.224 e. The number of hydrogen-bond donors (Lipinski definition) is 1. The molecule has 0 radical (unpaired) electrons. The molecule has 0 spiro atoms. The Kier molecular flexibility index (Phi) is 5.36. The lowest BCUT2D eigenvalue weighted by atomic mass is 10.1. The molecule has 1 N–H and O–H groups in total. The second-order valence-electron chi connectivity index (χ2n) is 6.19. The zero-order chi connectivity index (χ0) is 16.8. The Morgan fingerprint density at radius 3 is 2.62 bits per heavy atom. The molecule has 2 aromatic carbocycles. The van der Waals surface area contributed by atoms with E-state index in [9.17, 15) is 4.79 Å². The highest BCUT2D eigenvalue weighted by atomic mass is 16.6. The van der Waals surface area contributed by atoms with Crippen molar-refractivity contribution in [1.82, 2.24) is 5.32 Å². The van der Waals surface area contributed by atoms with Crippen LogP contribution < -0.4 is 14.8 Å². The minimum absolute atomic E-state index is 0.00328. The van der Waals surface area contributed by atoms with Crippen LogP contribution in [-0.4, -0.2) is 24.7 Å². The summed E-state index contributed by atoms with van der Waals surface area (Å²) >= 11 is 0. The van der Waals surface area contributed by atoms with Gasteiger partial charge in [-0.1, -0.05) is 42.5 Å². The van der Waals surface area contributed by atoms with Crippen LogP contribution >= 0.6 is 0 Å². The number of carbonyl (C=O) groups excluding carboxylic acids is 1. The van der Waals surface area contributed by atoms with Crippen LogP contribution in [0.3, 0.4) is 0 Å². The lowest BCUT2D eigenvalue weighted by Crippen LogP contribution is -2.39. The summed E-state index contributed by atoms with van der Waals surface area (Å²) in [6.45, 7) is 2.44. The molecule has 126 valence electrons. The van der Waals surface area contributed by atoms with Gasteiger partial charge in [-0.25, -0.2) is 0 Å². The van der Waals surface area contributed by atoms with Gasteiger partial charge in [0.25, 0.3) is 0 Å². The van der Waals surface area contributed by atoms with Crippen molar-refractivity contribution in [2.75, 3.05) is 6.61 Å². The van der Waals surface area contributed by atoms with Crippen molar-refractivity contribution in [1.29, 1.82) is 0 Å². The first-order chi connectivity index (χ1) is 11.7. The van der Waals surface area contributed by atoms with Crippen molar-refractivity contribution in [3.63, 3.8) is 0 Å². The van der Waals surface area contributed by atoms with Gasteiger partial charge in [-0.05, 0) is 37.5 Å². The predicted octanol–water partition coefficient (Wildman–Crippen LogP) is 3.35. The molecule has 0 aliphatic carbocycles. The maximum atomic E-state index is 12.2. The number of aryl methyl sites for hydroxylation is 1. The summed E-state index contributed by atoms with van der Waals surface area (Å²) in [5.41, 5.74) is 1.29. The molecule has 1 amide bonds. The number of ether oxygens (including phenoxy) is 2. The van der Waals surface area contributed by atoms with E-state index in [1.165, 1.54) is 5.56 Å². The van der Waals surface area contributed by atoms with E-state index in [-0.39, 0.29) is 18.1 Å². The van der Waals surface area contributed by atoms with E-state index < -0.39 is 0 Å². The summed E-state index contributed by atoms with van der Waals surface area (Å²) in [5, 5.41) is 3.05. The minimum atomic E-state index is -0.235. The molecule has 2 unspecified atom stereocenters. The van der Waals surface area contributed by atoms with Crippen LogP contribution in [0.5, 0.6) is 11.5 Å². The van der Waals surface area contributed by atoms with Crippen LogP contribution in [0, 0.1) is 0 Å². The molecular formula is C20H23NO3. The van der Waals surface area contributed by atoms with Crippen molar-refractivity contribution < 1.29 is 14.3 Å². The van der Waals surface area contributed by atoms with Crippen molar-refractivity contribution >= 4 is 5.91 Å². The first-order valence-corrected chi connectivity index (χ1v) is 8.42. The first-order valence-electron chi connectivity index (χ1n) is 8.42. The van der Waals surface area contributed by atoms with Crippen molar-refractivity contribution in [3.05, 3.63) is 60.2 Å². The summed E-state index contributed by atoms with van der Waals surface area (Å²) in [6, 6.07) is 18.0. The van der Waals surface area contributed by atoms with E-state index in [0.29, 0.717) is 18.8 Å². The average molecular weight is 325 g/mol. The molecule has 0 bridgehead atoms. The number of hydrogen-bond acceptors (Lipinski definition) is 3. The monoisotopic (exact) mass is 325 g/mol. The van der Waals surface area contributed by atoms with Gasteiger partial charge in [-0.2, -0.15) is 0 Å². The number of rotatable bonds is 6. The Hall–Kier alpha value is -2.49. The summed E-state index contributed by atoms with van der Waals surface area (Å²) < 4.78 is 11.5. The first kappa shape index (κ1) is 16.4. The van der Waals surface area contributed by atoms with Gasteiger partial charge in [0, 0.05) is 6.04 Å². The Morgan fingerprint density at radius 2 is 1.83 bits per heavy atom. The Bertz CT molecular complexity index is 672. The normalized spacial score (nSPS) is 17.1. The topological polar surface area (TPSA) is 47.6 Å². The quantitative estimate of drug-likeness (QED) is 0.886. The molecule has 0 saturated carbocycles. The zero-order valence-electron chi connectivity index (χ0n) is 13.9. The molecule has 4 nitrogen and oxygen atoms in total. The summed E-state index contributed by atoms with van der Waals surface area (Å²) in [6.07, 6.45) is 1.95. The Balaban J connectivity index is 1.42. The molecule has 0 fully saturated rings. The minimum Gasteiger partial charge on any atom is -0.486 e. The third-order valence-electron chi connectivity index (χ3n) is 4.10. The van der Waals surface area contributed by atoms with E-state index >= 15 is 0 Å². The van der Waals surface area contributed by atoms with Gasteiger partial charge in [0.2, 0.25) is 5.91 Å². The summed E-state index contributed by atoms with van der Waals surface area (Å²) in [5.74, 6) is 1.45. The number of benzene rings is 2. The molecule has 1 aliphatic rings. The molecule has 2 atom stereocenters. The third-order valence-corrected chi connectivity index (χ3v) is 4.10. The van der Waals surface area contributed by atoms with Gasteiger partial charge < -0.3 is 14.8 Å². The average Bonchev–Trinajstić information content (AvgIpc) is 2.60. The van der Waals surface area contributed by atoms with Gasteiger partial charge in [0.05, 0.1) is 6.42 Å². The van der Waals surface area contributed by atoms with E-state index in [2.05, 4.69) is 17.4 Å². The second kappa shape index (κ2) is 7.86. The van der Waals surface area contributed by atoms with Crippen LogP contribution in [-0.2, 0) is 11.2 Å². The molecule has 0 aromatic heterocycles. The lowest BCUT2D eigenvalue weighted by Gasteiger charge is -2.26. The molecule has 1 heterocycles. The van der Waals surface area contributed by atoms with Gasteiger partial charge in [-0.15, -0.1) is 0 Å². The van der Waals surface area contributed by atoms with Crippen LogP contribution in [0.15, 0.2) is 54.6 Å². The number of nitrogens with one attached hydrogen (secondary N) is 1. The van der Waals surface area contributed by atoms with E-state index in [1.807, 2.05) is 49.4 Å². The Morgan fingerprint density at radius 1 is 1.12 bits per heavy atom. The molecule has 1 aliphatic heterocycles. The SMILES string of the molecule is CC(CCc1ccccc1)NC(=O)CC1COc2ccccc2O1. The molecule has 24 heavy (non-hydrogen) atoms. The van der Waals surface area contributed by atoms with Crippen molar-refractivity contribution in [2.45, 2.75) is 38.3 Å². The number of amides is 1. The van der Waals surface area contributed by atoms with Gasteiger partial charge in [-0.3, -0.25) is 4.79 Å². The van der Waals surface area contributed by atoms with Crippen LogP contribution in [0.4, 0.5) is 0 Å². The highest BCUT2D eigenvalue weighted by Crippen LogP contribution is 2.31. The lowest BCUT2D eigenvalue weighted by molar-refractivity contribution is -0.124. The van der Waals surface area contributed by atoms with Crippen LogP contribution in [0.25, 0.3) is 0 Å². The largest absolute Gasteiger partial charge is 0.486 e. The second-order valence-corrected chi connectivity index (χ2v) is 6.19. The fourth-order valence-corrected chi connectivity index (χ4v) is 2.80. The van der Waals surface area contributed by atoms with Crippen LogP contribution in [0.1, 0.15) is 25.3 Å². The molecule has 2 aromatic rings. The van der Waals surface area contributed by atoms with E-state index in [1.54, 1.807) is 0 Å². The van der Waals surface area contributed by atoms with E-state index in [4.69, 9.17) is 9.47 Å². The predicted molar refractivity (Wildman–Crippen MR) is 93.3 cm³/mol. The molecular weight excluding hydrogens is 302 g/mol. The highest BCUT2D eigenvalue weighted by molar-refractivity contribution is 5.76. The van der Waals surface area contributed by atoms with Gasteiger partial charge in [0.15, 0.2) is 11.5 Å². The summed E-state index contributed by atoms with van der Waals surface area (Å²) in [7, 11) is 0. The summed E-state index contributed by atoms with van der Waals surface area (Å²) in [4.78, 5) is 12.2. The van der Waals surface area contributed by atoms with Crippen molar-refractivity contribution in [2.24, 2.45) is 0 Å². The van der Waals surface area contributed by atoms with Crippen molar-refractivity contribution in [3.8, 4) is 11.5 Å². The van der Waals surface area contributed by atoms with Crippen LogP contribution in [0.2, 0.25) is 0 Å².